The van der Waals surface area contributed by atoms with Gasteiger partial charge in [-0.1, -0.05) is 12.1 Å². The molecule has 1 aromatic rings. The highest BCUT2D eigenvalue weighted by atomic mass is 19.4. The Morgan fingerprint density at radius 2 is 2.07 bits per heavy atom. The molecule has 0 bridgehead atoms. The van der Waals surface area contributed by atoms with Crippen LogP contribution < -0.4 is 0 Å². The summed E-state index contributed by atoms with van der Waals surface area (Å²) in [5, 5.41) is 8.38. The fraction of sp³-hybridized carbons (Fsp3) is 0.182. The molecule has 0 saturated heterocycles. The first-order valence-corrected chi connectivity index (χ1v) is 4.19. The van der Waals surface area contributed by atoms with E-state index < -0.39 is 11.7 Å². The Bertz CT molecular complexity index is 424. The van der Waals surface area contributed by atoms with Gasteiger partial charge in [-0.3, -0.25) is 0 Å². The van der Waals surface area contributed by atoms with Crippen molar-refractivity contribution in [2.75, 3.05) is 0 Å². The van der Waals surface area contributed by atoms with Crippen LogP contribution in [0.5, 0.6) is 0 Å². The molecule has 0 spiro atoms. The number of benzene rings is 1. The van der Waals surface area contributed by atoms with E-state index in [2.05, 4.69) is 0 Å². The summed E-state index contributed by atoms with van der Waals surface area (Å²) in [6, 6.07) is 6.68. The van der Waals surface area contributed by atoms with E-state index >= 15 is 0 Å². The van der Waals surface area contributed by atoms with Crippen molar-refractivity contribution in [2.24, 2.45) is 0 Å². The molecule has 1 aromatic carbocycles. The van der Waals surface area contributed by atoms with Crippen LogP contribution in [0.3, 0.4) is 0 Å². The average Bonchev–Trinajstić information content (AvgIpc) is 2.17. The number of allylic oxidation sites excluding steroid dienone is 2. The molecule has 0 aliphatic carbocycles. The van der Waals surface area contributed by atoms with Crippen molar-refractivity contribution in [3.63, 3.8) is 0 Å². The van der Waals surface area contributed by atoms with Gasteiger partial charge in [0.05, 0.1) is 11.6 Å². The molecule has 0 aliphatic rings. The zero-order chi connectivity index (χ0) is 11.5. The summed E-state index contributed by atoms with van der Waals surface area (Å²) in [5.41, 5.74) is 0.223. The van der Waals surface area contributed by atoms with Crippen molar-refractivity contribution in [3.05, 3.63) is 41.5 Å². The van der Waals surface area contributed by atoms with E-state index in [1.165, 1.54) is 12.1 Å². The molecule has 4 heteroatoms. The molecule has 1 rings (SSSR count). The number of nitriles is 1. The molecule has 0 N–H and O–H groups in total. The Labute approximate surface area is 85.5 Å². The van der Waals surface area contributed by atoms with Crippen LogP contribution in [-0.4, -0.2) is 0 Å². The summed E-state index contributed by atoms with van der Waals surface area (Å²) in [5.74, 6) is 0. The van der Waals surface area contributed by atoms with Crippen molar-refractivity contribution in [3.8, 4) is 6.07 Å². The molecule has 0 aliphatic heterocycles. The summed E-state index contributed by atoms with van der Waals surface area (Å²) in [4.78, 5) is 0. The van der Waals surface area contributed by atoms with E-state index in [4.69, 9.17) is 5.26 Å². The van der Waals surface area contributed by atoms with Gasteiger partial charge in [0.15, 0.2) is 0 Å². The van der Waals surface area contributed by atoms with Crippen LogP contribution in [-0.2, 0) is 6.18 Å². The monoisotopic (exact) mass is 211 g/mol. The van der Waals surface area contributed by atoms with Crippen LogP contribution in [0.1, 0.15) is 18.1 Å². The summed E-state index contributed by atoms with van der Waals surface area (Å²) >= 11 is 0. The Morgan fingerprint density at radius 3 is 2.60 bits per heavy atom. The topological polar surface area (TPSA) is 23.8 Å². The maximum Gasteiger partial charge on any atom is 0.416 e. The highest BCUT2D eigenvalue weighted by Crippen LogP contribution is 2.30. The largest absolute Gasteiger partial charge is 0.416 e. The molecule has 0 fully saturated rings. The maximum atomic E-state index is 12.3. The van der Waals surface area contributed by atoms with Crippen LogP contribution in [0.25, 0.3) is 5.57 Å². The summed E-state index contributed by atoms with van der Waals surface area (Å²) in [6.45, 7) is 1.60. The van der Waals surface area contributed by atoms with Crippen molar-refractivity contribution in [1.82, 2.24) is 0 Å². The highest BCUT2D eigenvalue weighted by Gasteiger charge is 2.30. The Morgan fingerprint density at radius 1 is 1.40 bits per heavy atom. The molecule has 0 radical (unpaired) electrons. The fourth-order valence-corrected chi connectivity index (χ4v) is 1.12. The van der Waals surface area contributed by atoms with E-state index in [0.29, 0.717) is 11.1 Å². The third-order valence-electron chi connectivity index (χ3n) is 1.93. The molecule has 1 nitrogen and oxygen atoms in total. The normalized spacial score (nSPS) is 12.3. The van der Waals surface area contributed by atoms with E-state index in [9.17, 15) is 13.2 Å². The van der Waals surface area contributed by atoms with Gasteiger partial charge in [0.2, 0.25) is 0 Å². The van der Waals surface area contributed by atoms with E-state index in [-0.39, 0.29) is 0 Å². The van der Waals surface area contributed by atoms with Crippen molar-refractivity contribution in [1.29, 1.82) is 5.26 Å². The number of hydrogen-bond donors (Lipinski definition) is 0. The van der Waals surface area contributed by atoms with Crippen LogP contribution in [0.4, 0.5) is 13.2 Å². The Balaban J connectivity index is 3.15. The second kappa shape index (κ2) is 4.18. The molecule has 0 amide bonds. The zero-order valence-electron chi connectivity index (χ0n) is 7.97. The second-order valence-electron chi connectivity index (χ2n) is 3.04. The van der Waals surface area contributed by atoms with Crippen LogP contribution >= 0.6 is 0 Å². The minimum Gasteiger partial charge on any atom is -0.193 e. The summed E-state index contributed by atoms with van der Waals surface area (Å²) < 4.78 is 37.0. The highest BCUT2D eigenvalue weighted by molar-refractivity contribution is 5.66. The third-order valence-corrected chi connectivity index (χ3v) is 1.93. The van der Waals surface area contributed by atoms with Gasteiger partial charge in [-0.05, 0) is 30.2 Å². The first kappa shape index (κ1) is 11.3. The second-order valence-corrected chi connectivity index (χ2v) is 3.04. The quantitative estimate of drug-likeness (QED) is 0.650. The van der Waals surface area contributed by atoms with Crippen LogP contribution in [0, 0.1) is 11.3 Å². The van der Waals surface area contributed by atoms with E-state index in [1.54, 1.807) is 19.1 Å². The lowest BCUT2D eigenvalue weighted by Crippen LogP contribution is -2.04. The van der Waals surface area contributed by atoms with Crippen molar-refractivity contribution < 1.29 is 13.2 Å². The lowest BCUT2D eigenvalue weighted by molar-refractivity contribution is -0.137. The minimum absolute atomic E-state index is 0.409. The molecular formula is C11H8F3N. The van der Waals surface area contributed by atoms with Crippen molar-refractivity contribution in [2.45, 2.75) is 13.1 Å². The van der Waals surface area contributed by atoms with Gasteiger partial charge < -0.3 is 0 Å². The predicted molar refractivity (Wildman–Crippen MR) is 50.7 cm³/mol. The molecule has 15 heavy (non-hydrogen) atoms. The molecule has 78 valence electrons. The van der Waals surface area contributed by atoms with Gasteiger partial charge >= 0.3 is 6.18 Å². The number of nitrogens with zero attached hydrogens (tertiary/aromatic N) is 1. The fourth-order valence-electron chi connectivity index (χ4n) is 1.12. The van der Waals surface area contributed by atoms with E-state index in [1.807, 2.05) is 0 Å². The van der Waals surface area contributed by atoms with Gasteiger partial charge in [-0.15, -0.1) is 0 Å². The molecule has 0 unspecified atom stereocenters. The zero-order valence-corrected chi connectivity index (χ0v) is 7.97. The lowest BCUT2D eigenvalue weighted by atomic mass is 10.0. The van der Waals surface area contributed by atoms with Crippen LogP contribution in [0.2, 0.25) is 0 Å². The van der Waals surface area contributed by atoms with Gasteiger partial charge in [0, 0.05) is 6.08 Å². The molecule has 0 heterocycles. The predicted octanol–water partition coefficient (Wildman–Crippen LogP) is 3.63. The van der Waals surface area contributed by atoms with E-state index in [0.717, 1.165) is 12.1 Å². The minimum atomic E-state index is -4.34. The molecule has 0 aromatic heterocycles. The molecule has 0 atom stereocenters. The third kappa shape index (κ3) is 2.84. The maximum absolute atomic E-state index is 12.3. The van der Waals surface area contributed by atoms with Gasteiger partial charge in [-0.25, -0.2) is 0 Å². The average molecular weight is 211 g/mol. The Hall–Kier alpha value is -1.76. The summed E-state index contributed by atoms with van der Waals surface area (Å²) in [7, 11) is 0. The number of halogens is 3. The first-order valence-electron chi connectivity index (χ1n) is 4.19. The molecule has 0 saturated carbocycles. The van der Waals surface area contributed by atoms with Crippen molar-refractivity contribution >= 4 is 5.57 Å². The SMILES string of the molecule is C/C(=C\C#N)c1cccc(C(F)(F)F)c1. The lowest BCUT2D eigenvalue weighted by Gasteiger charge is -2.08. The molecular weight excluding hydrogens is 203 g/mol. The van der Waals surface area contributed by atoms with Gasteiger partial charge in [0.25, 0.3) is 0 Å². The number of hydrogen-bond acceptors (Lipinski definition) is 1. The standard InChI is InChI=1S/C11H8F3N/c1-8(5-6-15)9-3-2-4-10(7-9)11(12,13)14/h2-5,7H,1H3/b8-5+. The Kier molecular flexibility index (Phi) is 3.15. The first-order chi connectivity index (χ1) is 6.95. The number of alkyl halides is 3. The van der Waals surface area contributed by atoms with Gasteiger partial charge in [-0.2, -0.15) is 18.4 Å². The van der Waals surface area contributed by atoms with Gasteiger partial charge in [0.1, 0.15) is 0 Å². The number of rotatable bonds is 1. The van der Waals surface area contributed by atoms with Crippen LogP contribution in [0.15, 0.2) is 30.3 Å². The smallest absolute Gasteiger partial charge is 0.193 e. The summed E-state index contributed by atoms with van der Waals surface area (Å²) in [6.07, 6.45) is -3.13.